The van der Waals surface area contributed by atoms with E-state index in [0.29, 0.717) is 19.1 Å². The Labute approximate surface area is 187 Å². The lowest BCUT2D eigenvalue weighted by Gasteiger charge is -2.24. The number of sulfonamides is 1. The monoisotopic (exact) mass is 460 g/mol. The van der Waals surface area contributed by atoms with Gasteiger partial charge in [0.2, 0.25) is 5.88 Å². The van der Waals surface area contributed by atoms with Gasteiger partial charge in [-0.2, -0.15) is 5.10 Å². The largest absolute Gasteiger partial charge is 0.476 e. The number of ether oxygens (including phenoxy) is 1. The number of urea groups is 1. The van der Waals surface area contributed by atoms with Gasteiger partial charge in [0.25, 0.3) is 10.0 Å². The van der Waals surface area contributed by atoms with Gasteiger partial charge in [0, 0.05) is 23.9 Å². The highest BCUT2D eigenvalue weighted by atomic mass is 32.2. The fourth-order valence-electron chi connectivity index (χ4n) is 4.99. The Morgan fingerprint density at radius 1 is 1.28 bits per heavy atom. The highest BCUT2D eigenvalue weighted by molar-refractivity contribution is 7.90. The molecule has 172 valence electrons. The predicted molar refractivity (Wildman–Crippen MR) is 117 cm³/mol. The minimum absolute atomic E-state index is 0.130. The Balaban J connectivity index is 1.37. The van der Waals surface area contributed by atoms with Gasteiger partial charge in [-0.1, -0.05) is 6.92 Å². The lowest BCUT2D eigenvalue weighted by atomic mass is 10.0. The number of amides is 2. The fraction of sp³-hybridized carbons (Fsp3) is 0.571. The number of carbonyl (C=O) groups is 1. The molecule has 0 saturated heterocycles. The number of rotatable bonds is 5. The number of carbonyl (C=O) groups excluding carboxylic acids is 1. The molecule has 2 atom stereocenters. The van der Waals surface area contributed by atoms with Crippen molar-refractivity contribution in [2.24, 2.45) is 5.92 Å². The van der Waals surface area contributed by atoms with Gasteiger partial charge in [0.15, 0.2) is 4.90 Å². The van der Waals surface area contributed by atoms with Crippen molar-refractivity contribution in [3.05, 3.63) is 28.7 Å². The lowest BCUT2D eigenvalue weighted by molar-refractivity contribution is 0.159. The van der Waals surface area contributed by atoms with Gasteiger partial charge in [0.05, 0.1) is 25.0 Å². The van der Waals surface area contributed by atoms with Crippen LogP contribution in [0.25, 0.3) is 0 Å². The topological polar surface area (TPSA) is 127 Å². The maximum atomic E-state index is 13.0. The van der Waals surface area contributed by atoms with Crippen LogP contribution >= 0.6 is 0 Å². The Morgan fingerprint density at radius 2 is 2.12 bits per heavy atom. The third-order valence-corrected chi connectivity index (χ3v) is 7.86. The van der Waals surface area contributed by atoms with E-state index < -0.39 is 16.1 Å². The molecule has 10 nitrogen and oxygen atoms in total. The van der Waals surface area contributed by atoms with Gasteiger partial charge in [-0.05, 0) is 56.2 Å². The van der Waals surface area contributed by atoms with E-state index in [0.717, 1.165) is 66.9 Å². The van der Waals surface area contributed by atoms with Gasteiger partial charge in [-0.3, -0.25) is 4.98 Å². The molecule has 3 heterocycles. The Kier molecular flexibility index (Phi) is 5.32. The van der Waals surface area contributed by atoms with Crippen molar-refractivity contribution in [3.63, 3.8) is 0 Å². The van der Waals surface area contributed by atoms with Crippen LogP contribution in [-0.4, -0.2) is 49.4 Å². The molecule has 2 aromatic heterocycles. The van der Waals surface area contributed by atoms with E-state index in [1.807, 2.05) is 7.05 Å². The summed E-state index contributed by atoms with van der Waals surface area (Å²) < 4.78 is 35.3. The van der Waals surface area contributed by atoms with Crippen molar-refractivity contribution in [2.75, 3.05) is 25.5 Å². The van der Waals surface area contributed by atoms with E-state index in [2.05, 4.69) is 27.4 Å². The number of fused-ring (bicyclic) bond motifs is 3. The van der Waals surface area contributed by atoms with E-state index >= 15 is 0 Å². The summed E-state index contributed by atoms with van der Waals surface area (Å²) in [5.74, 6) is 0.695. The summed E-state index contributed by atoms with van der Waals surface area (Å²) >= 11 is 0. The van der Waals surface area contributed by atoms with Crippen molar-refractivity contribution in [2.45, 2.75) is 56.4 Å². The smallest absolute Gasteiger partial charge is 0.333 e. The van der Waals surface area contributed by atoms with Crippen molar-refractivity contribution >= 4 is 21.7 Å². The van der Waals surface area contributed by atoms with Crippen LogP contribution in [0.1, 0.15) is 48.2 Å². The number of aryl methyl sites for hydroxylation is 1. The van der Waals surface area contributed by atoms with Gasteiger partial charge < -0.3 is 15.4 Å². The third-order valence-electron chi connectivity index (χ3n) is 6.55. The zero-order chi connectivity index (χ0) is 22.5. The molecule has 11 heteroatoms. The summed E-state index contributed by atoms with van der Waals surface area (Å²) in [5.41, 5.74) is 4.85. The second-order valence-electron chi connectivity index (χ2n) is 8.86. The average molecular weight is 461 g/mol. The molecule has 2 aliphatic carbocycles. The second kappa shape index (κ2) is 8.04. The highest BCUT2D eigenvalue weighted by Gasteiger charge is 2.33. The number of nitrogens with one attached hydrogen (secondary N) is 3. The average Bonchev–Trinajstić information content (AvgIpc) is 3.46. The quantitative estimate of drug-likeness (QED) is 0.618. The van der Waals surface area contributed by atoms with Gasteiger partial charge in [-0.15, -0.1) is 0 Å². The Hall–Kier alpha value is -2.66. The van der Waals surface area contributed by atoms with Gasteiger partial charge >= 0.3 is 6.03 Å². The summed E-state index contributed by atoms with van der Waals surface area (Å²) in [7, 11) is -2.30. The first-order valence-electron chi connectivity index (χ1n) is 11.1. The van der Waals surface area contributed by atoms with Crippen LogP contribution in [0.3, 0.4) is 0 Å². The summed E-state index contributed by atoms with van der Waals surface area (Å²) in [6, 6.07) is -0.782. The van der Waals surface area contributed by atoms with Crippen LogP contribution in [0.5, 0.6) is 5.88 Å². The van der Waals surface area contributed by atoms with Crippen molar-refractivity contribution < 1.29 is 17.9 Å². The maximum Gasteiger partial charge on any atom is 0.333 e. The summed E-state index contributed by atoms with van der Waals surface area (Å²) in [5, 5.41) is 10.1. The molecule has 0 radical (unpaired) electrons. The molecular weight excluding hydrogens is 432 g/mol. The number of hydrogen-bond acceptors (Lipinski definition) is 7. The molecule has 5 rings (SSSR count). The maximum absolute atomic E-state index is 13.0. The van der Waals surface area contributed by atoms with Crippen LogP contribution < -0.4 is 20.1 Å². The van der Waals surface area contributed by atoms with E-state index in [-0.39, 0.29) is 16.7 Å². The molecule has 2 amide bonds. The normalized spacial score (nSPS) is 21.4. The molecule has 0 spiro atoms. The molecule has 0 bridgehead atoms. The number of nitrogens with zero attached hydrogens (tertiary/aromatic N) is 3. The molecule has 0 fully saturated rings. The van der Waals surface area contributed by atoms with E-state index in [1.165, 1.54) is 10.9 Å². The Bertz CT molecular complexity index is 1180. The number of hydrogen-bond donors (Lipinski definition) is 3. The molecule has 2 unspecified atom stereocenters. The van der Waals surface area contributed by atoms with Crippen molar-refractivity contribution in [1.29, 1.82) is 0 Å². The van der Waals surface area contributed by atoms with Gasteiger partial charge in [0.1, 0.15) is 0 Å². The molecule has 2 aromatic rings. The molecule has 1 aliphatic heterocycles. The Morgan fingerprint density at radius 3 is 2.94 bits per heavy atom. The van der Waals surface area contributed by atoms with Crippen LogP contribution in [-0.2, 0) is 35.8 Å². The highest BCUT2D eigenvalue weighted by Crippen LogP contribution is 2.41. The van der Waals surface area contributed by atoms with E-state index in [9.17, 15) is 13.2 Å². The van der Waals surface area contributed by atoms with Crippen LogP contribution in [0.15, 0.2) is 11.1 Å². The van der Waals surface area contributed by atoms with Crippen LogP contribution in [0, 0.1) is 5.92 Å². The first kappa shape index (κ1) is 21.2. The first-order valence-corrected chi connectivity index (χ1v) is 12.6. The standard InChI is InChI=1S/C21H28N6O4S/c1-12-6-7-15-18(12)24-16-5-3-4-14(16)19(15)25-21(28)26-32(29,30)17-9-23-27-10-13(8-22-2)11-31-20(17)27/h9,12-13,22H,3-8,10-11H2,1-2H3,(H2,24,25,26,28). The summed E-state index contributed by atoms with van der Waals surface area (Å²) in [6.07, 6.45) is 5.76. The van der Waals surface area contributed by atoms with E-state index in [4.69, 9.17) is 9.72 Å². The molecule has 0 aromatic carbocycles. The summed E-state index contributed by atoms with van der Waals surface area (Å²) in [6.45, 7) is 3.81. The third kappa shape index (κ3) is 3.62. The molecule has 0 saturated carbocycles. The summed E-state index contributed by atoms with van der Waals surface area (Å²) in [4.78, 5) is 17.5. The first-order chi connectivity index (χ1) is 15.4. The molecule has 32 heavy (non-hydrogen) atoms. The SMILES string of the molecule is CNCC1COc2c(S(=O)(=O)NC(=O)Nc3c4c(nc5c3CCC5C)CCC4)cnn2C1. The van der Waals surface area contributed by atoms with Crippen molar-refractivity contribution in [1.82, 2.24) is 24.8 Å². The fourth-order valence-corrected chi connectivity index (χ4v) is 5.98. The van der Waals surface area contributed by atoms with E-state index in [1.54, 1.807) is 0 Å². The van der Waals surface area contributed by atoms with Gasteiger partial charge in [-0.25, -0.2) is 22.6 Å². The number of anilines is 1. The molecule has 3 aliphatic rings. The van der Waals surface area contributed by atoms with Crippen LogP contribution in [0.4, 0.5) is 10.5 Å². The minimum Gasteiger partial charge on any atom is -0.476 e. The molecule has 3 N–H and O–H groups in total. The number of pyridine rings is 1. The molecular formula is C21H28N6O4S. The van der Waals surface area contributed by atoms with Crippen molar-refractivity contribution in [3.8, 4) is 5.88 Å². The zero-order valence-corrected chi connectivity index (χ0v) is 19.1. The van der Waals surface area contributed by atoms with Crippen LogP contribution in [0.2, 0.25) is 0 Å². The zero-order valence-electron chi connectivity index (χ0n) is 18.3. The predicted octanol–water partition coefficient (Wildman–Crippen LogP) is 1.55. The minimum atomic E-state index is -4.15. The second-order valence-corrected chi connectivity index (χ2v) is 10.5. The number of aromatic nitrogens is 3. The lowest BCUT2D eigenvalue weighted by Crippen LogP contribution is -2.36.